The van der Waals surface area contributed by atoms with Crippen molar-refractivity contribution in [3.63, 3.8) is 0 Å². The highest BCUT2D eigenvalue weighted by atomic mass is 32.1. The zero-order valence-electron chi connectivity index (χ0n) is 11.3. The molecule has 1 aliphatic rings. The summed E-state index contributed by atoms with van der Waals surface area (Å²) in [5, 5.41) is 5.96. The Balaban J connectivity index is 2.10. The van der Waals surface area contributed by atoms with Gasteiger partial charge in [-0.25, -0.2) is 0 Å². The molecule has 1 fully saturated rings. The van der Waals surface area contributed by atoms with Crippen LogP contribution >= 0.6 is 11.3 Å². The number of hydrogen-bond donors (Lipinski definition) is 1. The lowest BCUT2D eigenvalue weighted by Crippen LogP contribution is -2.27. The van der Waals surface area contributed by atoms with Crippen LogP contribution in [0.15, 0.2) is 11.4 Å². The van der Waals surface area contributed by atoms with E-state index in [-0.39, 0.29) is 0 Å². The van der Waals surface area contributed by atoms with Crippen molar-refractivity contribution in [2.24, 2.45) is 11.8 Å². The van der Waals surface area contributed by atoms with Gasteiger partial charge in [0.2, 0.25) is 0 Å². The van der Waals surface area contributed by atoms with Gasteiger partial charge in [0.05, 0.1) is 0 Å². The minimum absolute atomic E-state index is 0.608. The van der Waals surface area contributed by atoms with E-state index in [0.717, 1.165) is 18.4 Å². The number of aryl methyl sites for hydroxylation is 1. The summed E-state index contributed by atoms with van der Waals surface area (Å²) in [6.45, 7) is 7.89. The lowest BCUT2D eigenvalue weighted by Gasteiger charge is -2.24. The first-order chi connectivity index (χ1) is 8.26. The normalized spacial score (nSPS) is 26.3. The molecule has 0 radical (unpaired) electrons. The highest BCUT2D eigenvalue weighted by molar-refractivity contribution is 7.10. The summed E-state index contributed by atoms with van der Waals surface area (Å²) >= 11 is 1.93. The Hall–Kier alpha value is -0.340. The molecule has 0 aromatic carbocycles. The average Bonchev–Trinajstić information content (AvgIpc) is 2.95. The molecular formula is C15H25NS. The molecule has 96 valence electrons. The van der Waals surface area contributed by atoms with Gasteiger partial charge >= 0.3 is 0 Å². The van der Waals surface area contributed by atoms with E-state index in [1.807, 2.05) is 11.3 Å². The van der Waals surface area contributed by atoms with Crippen LogP contribution in [0.4, 0.5) is 0 Å². The Kier molecular flexibility index (Phi) is 4.63. The van der Waals surface area contributed by atoms with Gasteiger partial charge in [0.1, 0.15) is 0 Å². The van der Waals surface area contributed by atoms with Gasteiger partial charge in [-0.3, -0.25) is 0 Å². The van der Waals surface area contributed by atoms with Crippen molar-refractivity contribution in [2.45, 2.75) is 52.5 Å². The van der Waals surface area contributed by atoms with Crippen molar-refractivity contribution >= 4 is 11.3 Å². The van der Waals surface area contributed by atoms with Crippen LogP contribution in [0.3, 0.4) is 0 Å². The SMILES string of the molecule is CCNC(c1sccc1C)C1CCC(CC)C1. The molecule has 3 atom stereocenters. The van der Waals surface area contributed by atoms with Crippen LogP contribution in [0.25, 0.3) is 0 Å². The molecule has 1 N–H and O–H groups in total. The number of rotatable bonds is 5. The van der Waals surface area contributed by atoms with Gasteiger partial charge in [-0.05, 0) is 55.2 Å². The third-order valence-electron chi connectivity index (χ3n) is 4.24. The second-order valence-electron chi connectivity index (χ2n) is 5.35. The molecule has 1 aliphatic carbocycles. The van der Waals surface area contributed by atoms with Crippen molar-refractivity contribution < 1.29 is 0 Å². The average molecular weight is 251 g/mol. The zero-order valence-corrected chi connectivity index (χ0v) is 12.1. The molecule has 1 nitrogen and oxygen atoms in total. The second kappa shape index (κ2) is 6.01. The van der Waals surface area contributed by atoms with E-state index in [1.54, 1.807) is 4.88 Å². The Labute approximate surface area is 110 Å². The Morgan fingerprint density at radius 2 is 2.24 bits per heavy atom. The van der Waals surface area contributed by atoms with E-state index >= 15 is 0 Å². The fraction of sp³-hybridized carbons (Fsp3) is 0.733. The van der Waals surface area contributed by atoms with Crippen LogP contribution in [0.1, 0.15) is 56.0 Å². The van der Waals surface area contributed by atoms with Crippen molar-refractivity contribution in [2.75, 3.05) is 6.54 Å². The molecule has 3 unspecified atom stereocenters. The molecule has 17 heavy (non-hydrogen) atoms. The zero-order chi connectivity index (χ0) is 12.3. The van der Waals surface area contributed by atoms with Gasteiger partial charge in [-0.1, -0.05) is 26.7 Å². The molecule has 0 spiro atoms. The van der Waals surface area contributed by atoms with E-state index in [1.165, 1.54) is 31.2 Å². The highest BCUT2D eigenvalue weighted by Gasteiger charge is 2.31. The second-order valence-corrected chi connectivity index (χ2v) is 6.30. The van der Waals surface area contributed by atoms with Crippen molar-refractivity contribution in [3.05, 3.63) is 21.9 Å². The minimum Gasteiger partial charge on any atom is -0.309 e. The number of thiophene rings is 1. The molecule has 1 aromatic rings. The lowest BCUT2D eigenvalue weighted by atomic mass is 9.93. The fourth-order valence-corrected chi connectivity index (χ4v) is 4.28. The largest absolute Gasteiger partial charge is 0.309 e. The Bertz CT molecular complexity index is 344. The maximum absolute atomic E-state index is 3.72. The van der Waals surface area contributed by atoms with Gasteiger partial charge in [-0.15, -0.1) is 11.3 Å². The van der Waals surface area contributed by atoms with E-state index in [2.05, 4.69) is 37.5 Å². The summed E-state index contributed by atoms with van der Waals surface area (Å²) in [5.74, 6) is 1.83. The van der Waals surface area contributed by atoms with Crippen LogP contribution in [-0.2, 0) is 0 Å². The van der Waals surface area contributed by atoms with Gasteiger partial charge < -0.3 is 5.32 Å². The molecule has 1 saturated carbocycles. The molecule has 1 heterocycles. The van der Waals surface area contributed by atoms with Crippen LogP contribution in [-0.4, -0.2) is 6.54 Å². The first-order valence-electron chi connectivity index (χ1n) is 7.03. The molecule has 0 aliphatic heterocycles. The quantitative estimate of drug-likeness (QED) is 0.810. The molecule has 0 saturated heterocycles. The summed E-state index contributed by atoms with van der Waals surface area (Å²) in [6.07, 6.45) is 5.63. The minimum atomic E-state index is 0.608. The molecule has 0 amide bonds. The number of nitrogens with one attached hydrogen (secondary N) is 1. The molecular weight excluding hydrogens is 226 g/mol. The predicted molar refractivity (Wildman–Crippen MR) is 76.6 cm³/mol. The monoisotopic (exact) mass is 251 g/mol. The van der Waals surface area contributed by atoms with Crippen molar-refractivity contribution in [1.29, 1.82) is 0 Å². The third kappa shape index (κ3) is 2.92. The number of hydrogen-bond acceptors (Lipinski definition) is 2. The van der Waals surface area contributed by atoms with Gasteiger partial charge in [-0.2, -0.15) is 0 Å². The smallest absolute Gasteiger partial charge is 0.0446 e. The first-order valence-corrected chi connectivity index (χ1v) is 7.91. The molecule has 2 rings (SSSR count). The molecule has 2 heteroatoms. The van der Waals surface area contributed by atoms with Gasteiger partial charge in [0.25, 0.3) is 0 Å². The van der Waals surface area contributed by atoms with Crippen LogP contribution in [0.5, 0.6) is 0 Å². The van der Waals surface area contributed by atoms with Crippen LogP contribution in [0.2, 0.25) is 0 Å². The van der Waals surface area contributed by atoms with Gasteiger partial charge in [0, 0.05) is 10.9 Å². The van der Waals surface area contributed by atoms with Crippen molar-refractivity contribution in [3.8, 4) is 0 Å². The van der Waals surface area contributed by atoms with Crippen LogP contribution < -0.4 is 5.32 Å². The fourth-order valence-electron chi connectivity index (χ4n) is 3.18. The first kappa shape index (κ1) is 13.1. The summed E-state index contributed by atoms with van der Waals surface area (Å²) in [4.78, 5) is 1.58. The van der Waals surface area contributed by atoms with Crippen molar-refractivity contribution in [1.82, 2.24) is 5.32 Å². The summed E-state index contributed by atoms with van der Waals surface area (Å²) in [7, 11) is 0. The predicted octanol–water partition coefficient (Wildman–Crippen LogP) is 4.53. The topological polar surface area (TPSA) is 12.0 Å². The maximum Gasteiger partial charge on any atom is 0.0446 e. The third-order valence-corrected chi connectivity index (χ3v) is 5.34. The lowest BCUT2D eigenvalue weighted by molar-refractivity contribution is 0.363. The molecule has 0 bridgehead atoms. The Morgan fingerprint density at radius 3 is 2.76 bits per heavy atom. The van der Waals surface area contributed by atoms with E-state index in [9.17, 15) is 0 Å². The highest BCUT2D eigenvalue weighted by Crippen LogP contribution is 2.42. The van der Waals surface area contributed by atoms with E-state index < -0.39 is 0 Å². The summed E-state index contributed by atoms with van der Waals surface area (Å²) in [6, 6.07) is 2.87. The summed E-state index contributed by atoms with van der Waals surface area (Å²) < 4.78 is 0. The molecule has 1 aromatic heterocycles. The Morgan fingerprint density at radius 1 is 1.41 bits per heavy atom. The maximum atomic E-state index is 3.72. The van der Waals surface area contributed by atoms with Crippen LogP contribution in [0, 0.1) is 18.8 Å². The summed E-state index contributed by atoms with van der Waals surface area (Å²) in [5.41, 5.74) is 1.47. The van der Waals surface area contributed by atoms with E-state index in [0.29, 0.717) is 6.04 Å². The standard InChI is InChI=1S/C15H25NS/c1-4-12-6-7-13(10-12)14(16-5-2)15-11(3)8-9-17-15/h8-9,12-14,16H,4-7,10H2,1-3H3. The van der Waals surface area contributed by atoms with Gasteiger partial charge in [0.15, 0.2) is 0 Å². The van der Waals surface area contributed by atoms with E-state index in [4.69, 9.17) is 0 Å².